The molecule has 0 atom stereocenters. The van der Waals surface area contributed by atoms with E-state index in [1.807, 2.05) is 27.0 Å². The number of pyridine rings is 1. The van der Waals surface area contributed by atoms with Gasteiger partial charge < -0.3 is 5.32 Å². The fraction of sp³-hybridized carbons (Fsp3) is 0.412. The molecular formula is C17H19ClN6O. The Hall–Kier alpha value is -2.41. The van der Waals surface area contributed by atoms with Crippen LogP contribution in [0, 0.1) is 13.8 Å². The van der Waals surface area contributed by atoms with Gasteiger partial charge in [0.15, 0.2) is 11.5 Å². The highest BCUT2D eigenvalue weighted by Gasteiger charge is 2.29. The molecule has 8 heteroatoms. The summed E-state index contributed by atoms with van der Waals surface area (Å²) in [5, 5.41) is 12.8. The number of carbonyl (C=O) groups is 1. The Labute approximate surface area is 150 Å². The lowest BCUT2D eigenvalue weighted by atomic mass is 10.1. The van der Waals surface area contributed by atoms with Gasteiger partial charge >= 0.3 is 0 Å². The Morgan fingerprint density at radius 2 is 1.96 bits per heavy atom. The number of hydrogen-bond donors (Lipinski definition) is 1. The first-order valence-electron chi connectivity index (χ1n) is 8.21. The van der Waals surface area contributed by atoms with Crippen molar-refractivity contribution in [1.29, 1.82) is 0 Å². The number of rotatable bonds is 3. The van der Waals surface area contributed by atoms with Crippen LogP contribution in [-0.2, 0) is 14.1 Å². The number of aryl methyl sites for hydroxylation is 3. The van der Waals surface area contributed by atoms with Crippen LogP contribution in [0.25, 0.3) is 11.0 Å². The number of aromatic nitrogens is 5. The van der Waals surface area contributed by atoms with Crippen LogP contribution in [0.3, 0.4) is 0 Å². The molecule has 1 fully saturated rings. The minimum atomic E-state index is -0.245. The summed E-state index contributed by atoms with van der Waals surface area (Å²) in [5.74, 6) is 0.559. The summed E-state index contributed by atoms with van der Waals surface area (Å²) in [6, 6.07) is 1.88. The number of hydrogen-bond acceptors (Lipinski definition) is 4. The molecular weight excluding hydrogens is 340 g/mol. The fourth-order valence-electron chi connectivity index (χ4n) is 3.07. The number of carbonyl (C=O) groups excluding carboxylic acids is 1. The maximum atomic E-state index is 13.0. The van der Waals surface area contributed by atoms with E-state index in [1.54, 1.807) is 16.4 Å². The molecule has 7 nitrogen and oxygen atoms in total. The van der Waals surface area contributed by atoms with Crippen LogP contribution in [0.4, 0.5) is 5.82 Å². The molecule has 0 spiro atoms. The molecule has 0 unspecified atom stereocenters. The topological polar surface area (TPSA) is 77.6 Å². The second kappa shape index (κ2) is 5.56. The fourth-order valence-corrected chi connectivity index (χ4v) is 3.28. The van der Waals surface area contributed by atoms with Crippen molar-refractivity contribution in [2.45, 2.75) is 32.6 Å². The standard InChI is InChI=1S/C17H19ClN6O/c1-8-13-11(17(25)20-15-14(18)9(2)23(3)22-15)7-12(10-5-6-10)19-16(13)24(4)21-8/h7,10H,5-6H2,1-4H3,(H,20,22,25). The number of halogens is 1. The van der Waals surface area contributed by atoms with Crippen LogP contribution in [0.15, 0.2) is 6.07 Å². The zero-order chi connectivity index (χ0) is 17.9. The number of amides is 1. The molecule has 1 saturated carbocycles. The van der Waals surface area contributed by atoms with Crippen molar-refractivity contribution in [3.63, 3.8) is 0 Å². The van der Waals surface area contributed by atoms with Crippen LogP contribution in [0.5, 0.6) is 0 Å². The SMILES string of the molecule is Cc1nn(C)c2nc(C3CC3)cc(C(=O)Nc3nn(C)c(C)c3Cl)c12. The first kappa shape index (κ1) is 16.1. The Morgan fingerprint density at radius 1 is 1.24 bits per heavy atom. The molecule has 130 valence electrons. The van der Waals surface area contributed by atoms with Crippen molar-refractivity contribution in [1.82, 2.24) is 24.5 Å². The number of anilines is 1. The average molecular weight is 359 g/mol. The summed E-state index contributed by atoms with van der Waals surface area (Å²) < 4.78 is 3.37. The van der Waals surface area contributed by atoms with Crippen molar-refractivity contribution >= 4 is 34.4 Å². The lowest BCUT2D eigenvalue weighted by Gasteiger charge is -2.08. The van der Waals surface area contributed by atoms with Crippen molar-refractivity contribution in [3.8, 4) is 0 Å². The summed E-state index contributed by atoms with van der Waals surface area (Å²) in [6.07, 6.45) is 2.23. The van der Waals surface area contributed by atoms with Gasteiger partial charge in [-0.2, -0.15) is 10.2 Å². The molecule has 0 aromatic carbocycles. The zero-order valence-corrected chi connectivity index (χ0v) is 15.3. The Morgan fingerprint density at radius 3 is 2.56 bits per heavy atom. The smallest absolute Gasteiger partial charge is 0.257 e. The van der Waals surface area contributed by atoms with E-state index in [0.29, 0.717) is 22.3 Å². The molecule has 1 aliphatic carbocycles. The predicted octanol–water partition coefficient (Wildman–Crippen LogP) is 3.10. The maximum absolute atomic E-state index is 13.0. The molecule has 0 radical (unpaired) electrons. The van der Waals surface area contributed by atoms with E-state index >= 15 is 0 Å². The molecule has 3 aromatic rings. The van der Waals surface area contributed by atoms with Gasteiger partial charge in [-0.1, -0.05) is 11.6 Å². The highest BCUT2D eigenvalue weighted by molar-refractivity contribution is 6.34. The summed E-state index contributed by atoms with van der Waals surface area (Å²) in [4.78, 5) is 17.7. The van der Waals surface area contributed by atoms with Gasteiger partial charge in [0.1, 0.15) is 5.02 Å². The molecule has 1 aliphatic rings. The van der Waals surface area contributed by atoms with E-state index in [1.165, 1.54) is 0 Å². The van der Waals surface area contributed by atoms with Crippen LogP contribution in [-0.4, -0.2) is 30.5 Å². The third kappa shape index (κ3) is 2.59. The Bertz CT molecular complexity index is 1010. The summed E-state index contributed by atoms with van der Waals surface area (Å²) in [6.45, 7) is 3.74. The Balaban J connectivity index is 1.81. The number of nitrogens with zero attached hydrogens (tertiary/aromatic N) is 5. The predicted molar refractivity (Wildman–Crippen MR) is 96.1 cm³/mol. The van der Waals surface area contributed by atoms with Crippen LogP contribution < -0.4 is 5.32 Å². The van der Waals surface area contributed by atoms with Gasteiger partial charge in [0, 0.05) is 25.7 Å². The first-order valence-corrected chi connectivity index (χ1v) is 8.59. The lowest BCUT2D eigenvalue weighted by molar-refractivity contribution is 0.102. The van der Waals surface area contributed by atoms with Gasteiger partial charge in [0.25, 0.3) is 5.91 Å². The van der Waals surface area contributed by atoms with E-state index in [2.05, 4.69) is 15.5 Å². The van der Waals surface area contributed by atoms with Crippen molar-refractivity contribution < 1.29 is 4.79 Å². The zero-order valence-electron chi connectivity index (χ0n) is 14.6. The normalized spacial score (nSPS) is 14.3. The van der Waals surface area contributed by atoms with E-state index in [-0.39, 0.29) is 5.91 Å². The van der Waals surface area contributed by atoms with Gasteiger partial charge in [-0.05, 0) is 32.8 Å². The second-order valence-corrected chi connectivity index (χ2v) is 6.98. The number of fused-ring (bicyclic) bond motifs is 1. The average Bonchev–Trinajstić information content (AvgIpc) is 3.35. The Kier molecular flexibility index (Phi) is 3.57. The van der Waals surface area contributed by atoms with Gasteiger partial charge in [-0.3, -0.25) is 14.2 Å². The molecule has 0 saturated heterocycles. The summed E-state index contributed by atoms with van der Waals surface area (Å²) in [5.41, 5.74) is 3.82. The van der Waals surface area contributed by atoms with Crippen molar-refractivity contribution in [2.24, 2.45) is 14.1 Å². The van der Waals surface area contributed by atoms with Gasteiger partial charge in [-0.15, -0.1) is 0 Å². The van der Waals surface area contributed by atoms with Crippen molar-refractivity contribution in [2.75, 3.05) is 5.32 Å². The molecule has 3 heterocycles. The van der Waals surface area contributed by atoms with Gasteiger partial charge in [0.2, 0.25) is 0 Å². The highest BCUT2D eigenvalue weighted by Crippen LogP contribution is 2.40. The van der Waals surface area contributed by atoms with E-state index in [0.717, 1.165) is 41.0 Å². The van der Waals surface area contributed by atoms with Gasteiger partial charge in [-0.25, -0.2) is 4.98 Å². The van der Waals surface area contributed by atoms with Crippen LogP contribution >= 0.6 is 11.6 Å². The number of nitrogens with one attached hydrogen (secondary N) is 1. The van der Waals surface area contributed by atoms with Gasteiger partial charge in [0.05, 0.1) is 22.3 Å². The van der Waals surface area contributed by atoms with Crippen LogP contribution in [0.1, 0.15) is 46.2 Å². The third-order valence-corrected chi connectivity index (χ3v) is 5.17. The second-order valence-electron chi connectivity index (χ2n) is 6.60. The molecule has 0 bridgehead atoms. The van der Waals surface area contributed by atoms with E-state index in [9.17, 15) is 4.79 Å². The third-order valence-electron chi connectivity index (χ3n) is 4.72. The van der Waals surface area contributed by atoms with Crippen molar-refractivity contribution in [3.05, 3.63) is 33.7 Å². The quantitative estimate of drug-likeness (QED) is 0.780. The van der Waals surface area contributed by atoms with E-state index < -0.39 is 0 Å². The first-order chi connectivity index (χ1) is 11.9. The monoisotopic (exact) mass is 358 g/mol. The molecule has 25 heavy (non-hydrogen) atoms. The molecule has 1 N–H and O–H groups in total. The summed E-state index contributed by atoms with van der Waals surface area (Å²) in [7, 11) is 3.64. The van der Waals surface area contributed by atoms with E-state index in [4.69, 9.17) is 16.6 Å². The molecule has 1 amide bonds. The molecule has 3 aromatic heterocycles. The largest absolute Gasteiger partial charge is 0.304 e. The van der Waals surface area contributed by atoms with Crippen LogP contribution in [0.2, 0.25) is 5.02 Å². The highest BCUT2D eigenvalue weighted by atomic mass is 35.5. The molecule has 0 aliphatic heterocycles. The molecule has 4 rings (SSSR count). The minimum absolute atomic E-state index is 0.245. The summed E-state index contributed by atoms with van der Waals surface area (Å²) >= 11 is 6.26. The maximum Gasteiger partial charge on any atom is 0.257 e. The lowest BCUT2D eigenvalue weighted by Crippen LogP contribution is -2.14. The minimum Gasteiger partial charge on any atom is -0.304 e.